The molecule has 1 aromatic carbocycles. The van der Waals surface area contributed by atoms with Crippen LogP contribution in [0.1, 0.15) is 31.1 Å². The van der Waals surface area contributed by atoms with Gasteiger partial charge in [-0.25, -0.2) is 0 Å². The number of nitrogens with zero attached hydrogens (tertiary/aromatic N) is 2. The van der Waals surface area contributed by atoms with Crippen LogP contribution >= 0.6 is 11.8 Å². The smallest absolute Gasteiger partial charge is 0.306 e. The van der Waals surface area contributed by atoms with Gasteiger partial charge >= 0.3 is 5.97 Å². The highest BCUT2D eigenvalue weighted by atomic mass is 32.2. The van der Waals surface area contributed by atoms with Crippen LogP contribution in [0.3, 0.4) is 0 Å². The van der Waals surface area contributed by atoms with Gasteiger partial charge in [-0.2, -0.15) is 4.98 Å². The topological polar surface area (TPSA) is 76.2 Å². The third kappa shape index (κ3) is 2.95. The molecule has 2 aromatic rings. The SMILES string of the molecule is CSc1ccc(-c2noc(C3CCC(C(=O)O)C3)n2)cc1. The Bertz CT molecular complexity index is 639. The Kier molecular flexibility index (Phi) is 3.96. The van der Waals surface area contributed by atoms with Gasteiger partial charge in [-0.1, -0.05) is 5.16 Å². The zero-order valence-corrected chi connectivity index (χ0v) is 12.5. The normalized spacial score (nSPS) is 21.6. The average molecular weight is 304 g/mol. The van der Waals surface area contributed by atoms with E-state index in [4.69, 9.17) is 9.63 Å². The highest BCUT2D eigenvalue weighted by molar-refractivity contribution is 7.98. The van der Waals surface area contributed by atoms with Gasteiger partial charge in [0.1, 0.15) is 0 Å². The summed E-state index contributed by atoms with van der Waals surface area (Å²) in [6, 6.07) is 7.97. The van der Waals surface area contributed by atoms with Gasteiger partial charge in [0, 0.05) is 16.4 Å². The molecule has 110 valence electrons. The summed E-state index contributed by atoms with van der Waals surface area (Å²) in [6.45, 7) is 0. The van der Waals surface area contributed by atoms with Gasteiger partial charge in [-0.15, -0.1) is 11.8 Å². The van der Waals surface area contributed by atoms with Gasteiger partial charge in [0.2, 0.25) is 11.7 Å². The lowest BCUT2D eigenvalue weighted by molar-refractivity contribution is -0.141. The van der Waals surface area contributed by atoms with Gasteiger partial charge in [0.15, 0.2) is 0 Å². The zero-order chi connectivity index (χ0) is 14.8. The van der Waals surface area contributed by atoms with E-state index in [9.17, 15) is 4.79 Å². The maximum atomic E-state index is 11.0. The lowest BCUT2D eigenvalue weighted by Gasteiger charge is -2.02. The summed E-state index contributed by atoms with van der Waals surface area (Å²) < 4.78 is 5.33. The first-order valence-electron chi connectivity index (χ1n) is 6.88. The number of hydrogen-bond donors (Lipinski definition) is 1. The van der Waals surface area contributed by atoms with Gasteiger partial charge < -0.3 is 9.63 Å². The molecule has 6 heteroatoms. The second-order valence-corrected chi connectivity index (χ2v) is 6.11. The van der Waals surface area contributed by atoms with E-state index >= 15 is 0 Å². The lowest BCUT2D eigenvalue weighted by atomic mass is 10.1. The average Bonchev–Trinajstić information content (AvgIpc) is 3.16. The predicted molar refractivity (Wildman–Crippen MR) is 79.2 cm³/mol. The monoisotopic (exact) mass is 304 g/mol. The molecule has 1 aliphatic carbocycles. The standard InChI is InChI=1S/C15H16N2O3S/c1-21-12-6-4-9(5-7-12)13-16-14(20-17-13)10-2-3-11(8-10)15(18)19/h4-7,10-11H,2-3,8H2,1H3,(H,18,19). The van der Waals surface area contributed by atoms with Crippen LogP contribution in [0.15, 0.2) is 33.7 Å². The highest BCUT2D eigenvalue weighted by Gasteiger charge is 2.33. The molecule has 0 bridgehead atoms. The fraction of sp³-hybridized carbons (Fsp3) is 0.400. The van der Waals surface area contributed by atoms with E-state index in [2.05, 4.69) is 10.1 Å². The van der Waals surface area contributed by atoms with Gasteiger partial charge in [-0.3, -0.25) is 4.79 Å². The van der Waals surface area contributed by atoms with Crippen LogP contribution in [-0.4, -0.2) is 27.5 Å². The van der Waals surface area contributed by atoms with E-state index in [1.807, 2.05) is 30.5 Å². The molecule has 3 rings (SSSR count). The van der Waals surface area contributed by atoms with Crippen LogP contribution in [-0.2, 0) is 4.79 Å². The van der Waals surface area contributed by atoms with Crippen molar-refractivity contribution in [2.24, 2.45) is 5.92 Å². The van der Waals surface area contributed by atoms with Crippen molar-refractivity contribution in [2.45, 2.75) is 30.1 Å². The molecule has 1 heterocycles. The lowest BCUT2D eigenvalue weighted by Crippen LogP contribution is -2.09. The van der Waals surface area contributed by atoms with Crippen molar-refractivity contribution in [1.29, 1.82) is 0 Å². The Hall–Kier alpha value is -1.82. The van der Waals surface area contributed by atoms with Crippen LogP contribution < -0.4 is 0 Å². The van der Waals surface area contributed by atoms with Crippen molar-refractivity contribution in [1.82, 2.24) is 10.1 Å². The number of benzene rings is 1. The summed E-state index contributed by atoms with van der Waals surface area (Å²) in [5, 5.41) is 13.1. The molecule has 0 radical (unpaired) electrons. The molecule has 1 fully saturated rings. The summed E-state index contributed by atoms with van der Waals surface area (Å²) in [5.41, 5.74) is 0.913. The van der Waals surface area contributed by atoms with E-state index < -0.39 is 5.97 Å². The van der Waals surface area contributed by atoms with Crippen molar-refractivity contribution in [2.75, 3.05) is 6.26 Å². The maximum absolute atomic E-state index is 11.0. The molecule has 1 aliphatic rings. The van der Waals surface area contributed by atoms with Crippen molar-refractivity contribution >= 4 is 17.7 Å². The number of hydrogen-bond acceptors (Lipinski definition) is 5. The minimum atomic E-state index is -0.732. The van der Waals surface area contributed by atoms with E-state index in [0.29, 0.717) is 24.6 Å². The Balaban J connectivity index is 1.75. The Morgan fingerprint density at radius 3 is 2.71 bits per heavy atom. The Morgan fingerprint density at radius 2 is 2.10 bits per heavy atom. The van der Waals surface area contributed by atoms with Crippen molar-refractivity contribution in [3.05, 3.63) is 30.2 Å². The first-order chi connectivity index (χ1) is 10.2. The van der Waals surface area contributed by atoms with E-state index in [-0.39, 0.29) is 11.8 Å². The molecule has 5 nitrogen and oxygen atoms in total. The number of rotatable bonds is 4. The summed E-state index contributed by atoms with van der Waals surface area (Å²) in [7, 11) is 0. The number of thioether (sulfide) groups is 1. The van der Waals surface area contributed by atoms with E-state index in [1.54, 1.807) is 11.8 Å². The van der Waals surface area contributed by atoms with Crippen molar-refractivity contribution in [3.8, 4) is 11.4 Å². The third-order valence-electron chi connectivity index (χ3n) is 3.92. The molecule has 1 N–H and O–H groups in total. The minimum Gasteiger partial charge on any atom is -0.481 e. The molecular weight excluding hydrogens is 288 g/mol. The minimum absolute atomic E-state index is 0.0674. The van der Waals surface area contributed by atoms with Gasteiger partial charge in [0.25, 0.3) is 0 Å². The zero-order valence-electron chi connectivity index (χ0n) is 11.7. The highest BCUT2D eigenvalue weighted by Crippen LogP contribution is 2.38. The largest absolute Gasteiger partial charge is 0.481 e. The summed E-state index contributed by atoms with van der Waals surface area (Å²) >= 11 is 1.68. The van der Waals surface area contributed by atoms with Crippen LogP contribution in [0.25, 0.3) is 11.4 Å². The molecular formula is C15H16N2O3S. The first-order valence-corrected chi connectivity index (χ1v) is 8.10. The summed E-state index contributed by atoms with van der Waals surface area (Å²) in [4.78, 5) is 16.6. The quantitative estimate of drug-likeness (QED) is 0.872. The summed E-state index contributed by atoms with van der Waals surface area (Å²) in [6.07, 6.45) is 4.09. The molecule has 1 saturated carbocycles. The first kappa shape index (κ1) is 14.1. The van der Waals surface area contributed by atoms with Crippen LogP contribution in [0.4, 0.5) is 0 Å². The number of carboxylic acids is 1. The fourth-order valence-electron chi connectivity index (χ4n) is 2.69. The Labute approximate surface area is 126 Å². The number of carboxylic acid groups (broad SMARTS) is 1. The number of aliphatic carboxylic acids is 1. The number of aromatic nitrogens is 2. The molecule has 0 aliphatic heterocycles. The second kappa shape index (κ2) is 5.89. The van der Waals surface area contributed by atoms with Crippen molar-refractivity contribution in [3.63, 3.8) is 0 Å². The molecule has 0 spiro atoms. The molecule has 2 unspecified atom stereocenters. The van der Waals surface area contributed by atoms with Crippen LogP contribution in [0.2, 0.25) is 0 Å². The van der Waals surface area contributed by atoms with Gasteiger partial charge in [-0.05, 0) is 49.8 Å². The van der Waals surface area contributed by atoms with E-state index in [0.717, 1.165) is 12.0 Å². The van der Waals surface area contributed by atoms with Crippen LogP contribution in [0.5, 0.6) is 0 Å². The Morgan fingerprint density at radius 1 is 1.33 bits per heavy atom. The fourth-order valence-corrected chi connectivity index (χ4v) is 3.10. The van der Waals surface area contributed by atoms with Gasteiger partial charge in [0.05, 0.1) is 5.92 Å². The van der Waals surface area contributed by atoms with Crippen LogP contribution in [0, 0.1) is 5.92 Å². The van der Waals surface area contributed by atoms with E-state index in [1.165, 1.54) is 4.90 Å². The third-order valence-corrected chi connectivity index (χ3v) is 4.66. The number of carbonyl (C=O) groups is 1. The molecule has 0 saturated heterocycles. The molecule has 21 heavy (non-hydrogen) atoms. The van der Waals surface area contributed by atoms with Crippen molar-refractivity contribution < 1.29 is 14.4 Å². The maximum Gasteiger partial charge on any atom is 0.306 e. The molecule has 2 atom stereocenters. The second-order valence-electron chi connectivity index (χ2n) is 5.23. The molecule has 0 amide bonds. The molecule has 1 aromatic heterocycles. The predicted octanol–water partition coefficient (Wildman–Crippen LogP) is 3.43. The summed E-state index contributed by atoms with van der Waals surface area (Å²) in [5.74, 6) is 0.174.